The van der Waals surface area contributed by atoms with Crippen LogP contribution in [0.4, 0.5) is 8.78 Å². The third kappa shape index (κ3) is 3.30. The second-order valence-corrected chi connectivity index (χ2v) is 4.07. The molecule has 2 nitrogen and oxygen atoms in total. The van der Waals surface area contributed by atoms with Gasteiger partial charge in [0.25, 0.3) is 0 Å². The Morgan fingerprint density at radius 3 is 2.50 bits per heavy atom. The van der Waals surface area contributed by atoms with Crippen LogP contribution in [-0.2, 0) is 0 Å². The molecule has 0 bridgehead atoms. The van der Waals surface area contributed by atoms with Gasteiger partial charge in [-0.05, 0) is 12.1 Å². The molecular formula is C9H5BrCl2F2O2. The van der Waals surface area contributed by atoms with E-state index in [0.717, 1.165) is 6.07 Å². The first-order valence-electron chi connectivity index (χ1n) is 3.98. The van der Waals surface area contributed by atoms with Crippen LogP contribution in [0.2, 0.25) is 10.0 Å². The summed E-state index contributed by atoms with van der Waals surface area (Å²) >= 11 is 14.3. The van der Waals surface area contributed by atoms with Crippen LogP contribution in [0.25, 0.3) is 0 Å². The van der Waals surface area contributed by atoms with Gasteiger partial charge in [-0.2, -0.15) is 8.78 Å². The minimum atomic E-state index is -3.01. The van der Waals surface area contributed by atoms with Crippen LogP contribution < -0.4 is 4.74 Å². The van der Waals surface area contributed by atoms with Crippen molar-refractivity contribution in [2.45, 2.75) is 6.61 Å². The molecule has 88 valence electrons. The van der Waals surface area contributed by atoms with E-state index >= 15 is 0 Å². The van der Waals surface area contributed by atoms with Gasteiger partial charge in [0.15, 0.2) is 5.78 Å². The summed E-state index contributed by atoms with van der Waals surface area (Å²) < 4.78 is 28.2. The summed E-state index contributed by atoms with van der Waals surface area (Å²) in [6.07, 6.45) is 0. The van der Waals surface area contributed by atoms with Gasteiger partial charge in [0.2, 0.25) is 0 Å². The Balaban J connectivity index is 3.16. The Morgan fingerprint density at radius 1 is 1.38 bits per heavy atom. The van der Waals surface area contributed by atoms with Gasteiger partial charge in [0.1, 0.15) is 5.75 Å². The molecule has 0 radical (unpaired) electrons. The van der Waals surface area contributed by atoms with Crippen molar-refractivity contribution < 1.29 is 18.3 Å². The molecule has 16 heavy (non-hydrogen) atoms. The fourth-order valence-electron chi connectivity index (χ4n) is 1.00. The molecule has 0 saturated carbocycles. The third-order valence-corrected chi connectivity index (χ3v) is 2.78. The molecule has 0 aliphatic heterocycles. The summed E-state index contributed by atoms with van der Waals surface area (Å²) in [5, 5.41) is 0.0511. The minimum Gasteiger partial charge on any atom is -0.433 e. The van der Waals surface area contributed by atoms with E-state index in [2.05, 4.69) is 20.7 Å². The van der Waals surface area contributed by atoms with Crippen LogP contribution in [-0.4, -0.2) is 17.7 Å². The van der Waals surface area contributed by atoms with Crippen molar-refractivity contribution in [2.75, 3.05) is 5.33 Å². The topological polar surface area (TPSA) is 26.3 Å². The van der Waals surface area contributed by atoms with Crippen LogP contribution in [0.5, 0.6) is 5.75 Å². The highest BCUT2D eigenvalue weighted by atomic mass is 79.9. The SMILES string of the molecule is O=C(CBr)c1cc(OC(F)F)c(Cl)cc1Cl. The fourth-order valence-corrected chi connectivity index (χ4v) is 1.84. The molecule has 0 saturated heterocycles. The van der Waals surface area contributed by atoms with Gasteiger partial charge >= 0.3 is 6.61 Å². The van der Waals surface area contributed by atoms with E-state index in [1.54, 1.807) is 0 Å². The van der Waals surface area contributed by atoms with E-state index in [9.17, 15) is 13.6 Å². The van der Waals surface area contributed by atoms with Crippen LogP contribution in [0.1, 0.15) is 10.4 Å². The van der Waals surface area contributed by atoms with Crippen molar-refractivity contribution >= 4 is 44.9 Å². The number of hydrogen-bond acceptors (Lipinski definition) is 2. The maximum atomic E-state index is 12.0. The predicted molar refractivity (Wildman–Crippen MR) is 61.2 cm³/mol. The quantitative estimate of drug-likeness (QED) is 0.610. The van der Waals surface area contributed by atoms with Crippen molar-refractivity contribution in [3.05, 3.63) is 27.7 Å². The average molecular weight is 334 g/mol. The Hall–Kier alpha value is -0.390. The number of hydrogen-bond donors (Lipinski definition) is 0. The normalized spacial score (nSPS) is 10.6. The first-order valence-corrected chi connectivity index (χ1v) is 5.86. The van der Waals surface area contributed by atoms with Crippen LogP contribution >= 0.6 is 39.1 Å². The van der Waals surface area contributed by atoms with E-state index in [-0.39, 0.29) is 32.5 Å². The molecule has 1 aromatic carbocycles. The van der Waals surface area contributed by atoms with E-state index in [1.807, 2.05) is 0 Å². The summed E-state index contributed by atoms with van der Waals surface area (Å²) in [5.74, 6) is -0.619. The van der Waals surface area contributed by atoms with Crippen LogP contribution in [0, 0.1) is 0 Å². The lowest BCUT2D eigenvalue weighted by molar-refractivity contribution is -0.0498. The zero-order chi connectivity index (χ0) is 12.3. The number of halogens is 5. The van der Waals surface area contributed by atoms with Gasteiger partial charge in [0, 0.05) is 5.56 Å². The molecule has 1 rings (SSSR count). The summed E-state index contributed by atoms with van der Waals surface area (Å²) in [4.78, 5) is 11.4. The van der Waals surface area contributed by atoms with Crippen molar-refractivity contribution in [1.29, 1.82) is 0 Å². The summed E-state index contributed by atoms with van der Waals surface area (Å²) in [7, 11) is 0. The van der Waals surface area contributed by atoms with E-state index in [1.165, 1.54) is 6.07 Å². The van der Waals surface area contributed by atoms with Crippen LogP contribution in [0.3, 0.4) is 0 Å². The zero-order valence-electron chi connectivity index (χ0n) is 7.65. The van der Waals surface area contributed by atoms with Gasteiger partial charge in [-0.1, -0.05) is 39.1 Å². The van der Waals surface area contributed by atoms with E-state index in [4.69, 9.17) is 23.2 Å². The number of rotatable bonds is 4. The Labute approximate surface area is 109 Å². The maximum absolute atomic E-state index is 12.0. The number of Topliss-reactive ketones (excluding diaryl/α,β-unsaturated/α-hetero) is 1. The van der Waals surface area contributed by atoms with Crippen molar-refractivity contribution in [3.8, 4) is 5.75 Å². The molecule has 1 aromatic rings. The number of benzene rings is 1. The highest BCUT2D eigenvalue weighted by Crippen LogP contribution is 2.32. The van der Waals surface area contributed by atoms with Crippen molar-refractivity contribution in [2.24, 2.45) is 0 Å². The zero-order valence-corrected chi connectivity index (χ0v) is 10.7. The second kappa shape index (κ2) is 5.80. The second-order valence-electron chi connectivity index (χ2n) is 2.70. The van der Waals surface area contributed by atoms with Gasteiger partial charge in [-0.3, -0.25) is 4.79 Å². The number of carbonyl (C=O) groups excluding carboxylic acids is 1. The molecule has 0 atom stereocenters. The molecule has 0 fully saturated rings. The average Bonchev–Trinajstić information content (AvgIpc) is 2.20. The molecule has 0 unspecified atom stereocenters. The van der Waals surface area contributed by atoms with Gasteiger partial charge in [0.05, 0.1) is 15.4 Å². The number of carbonyl (C=O) groups is 1. The lowest BCUT2D eigenvalue weighted by atomic mass is 10.1. The molecular weight excluding hydrogens is 329 g/mol. The van der Waals surface area contributed by atoms with Gasteiger partial charge in [-0.15, -0.1) is 0 Å². The Bertz CT molecular complexity index is 413. The molecule has 7 heteroatoms. The lowest BCUT2D eigenvalue weighted by Gasteiger charge is -2.09. The lowest BCUT2D eigenvalue weighted by Crippen LogP contribution is -2.06. The first-order chi connectivity index (χ1) is 7.45. The van der Waals surface area contributed by atoms with E-state index in [0.29, 0.717) is 0 Å². The number of ketones is 1. The minimum absolute atomic E-state index is 0.0302. The van der Waals surface area contributed by atoms with Crippen molar-refractivity contribution in [3.63, 3.8) is 0 Å². The summed E-state index contributed by atoms with van der Waals surface area (Å²) in [6, 6.07) is 2.29. The highest BCUT2D eigenvalue weighted by Gasteiger charge is 2.16. The Morgan fingerprint density at radius 2 is 2.00 bits per heavy atom. The molecule has 0 amide bonds. The van der Waals surface area contributed by atoms with Crippen molar-refractivity contribution in [1.82, 2.24) is 0 Å². The van der Waals surface area contributed by atoms with Gasteiger partial charge < -0.3 is 4.74 Å². The molecule has 0 N–H and O–H groups in total. The highest BCUT2D eigenvalue weighted by molar-refractivity contribution is 9.09. The molecule has 0 aliphatic carbocycles. The number of ether oxygens (including phenoxy) is 1. The molecule has 0 aliphatic rings. The fraction of sp³-hybridized carbons (Fsp3) is 0.222. The maximum Gasteiger partial charge on any atom is 0.387 e. The summed E-state index contributed by atoms with van der Waals surface area (Å²) in [5.41, 5.74) is 0.0820. The molecule has 0 heterocycles. The molecule has 0 spiro atoms. The Kier molecular flexibility index (Phi) is 4.95. The monoisotopic (exact) mass is 332 g/mol. The van der Waals surface area contributed by atoms with E-state index < -0.39 is 6.61 Å². The number of alkyl halides is 3. The standard InChI is InChI=1S/C9H5BrCl2F2O2/c10-3-7(15)4-1-8(16-9(13)14)6(12)2-5(4)11/h1-2,9H,3H2. The molecule has 0 aromatic heterocycles. The third-order valence-electron chi connectivity index (χ3n) is 1.66. The first kappa shape index (κ1) is 13.7. The summed E-state index contributed by atoms with van der Waals surface area (Å²) in [6.45, 7) is -3.01. The predicted octanol–water partition coefficient (Wildman–Crippen LogP) is 4.17. The largest absolute Gasteiger partial charge is 0.433 e. The smallest absolute Gasteiger partial charge is 0.387 e. The van der Waals surface area contributed by atoms with Crippen LogP contribution in [0.15, 0.2) is 12.1 Å². The van der Waals surface area contributed by atoms with Gasteiger partial charge in [-0.25, -0.2) is 0 Å².